The van der Waals surface area contributed by atoms with Gasteiger partial charge in [-0.05, 0) is 6.42 Å². The molecule has 0 atom stereocenters. The summed E-state index contributed by atoms with van der Waals surface area (Å²) in [4.78, 5) is 0. The molecule has 0 bridgehead atoms. The van der Waals surface area contributed by atoms with Gasteiger partial charge in [-0.3, -0.25) is 4.55 Å². The molecule has 0 aliphatic heterocycles. The Balaban J connectivity index is 3.24. The topological polar surface area (TPSA) is 87.4 Å². The van der Waals surface area contributed by atoms with Crippen LogP contribution in [0, 0.1) is 11.3 Å². The highest BCUT2D eigenvalue weighted by molar-refractivity contribution is 8.02. The lowest BCUT2D eigenvalue weighted by Gasteiger charge is -1.94. The maximum absolute atomic E-state index is 9.91. The summed E-state index contributed by atoms with van der Waals surface area (Å²) >= 11 is 0.611. The molecule has 0 fully saturated rings. The van der Waals surface area contributed by atoms with Gasteiger partial charge in [0.25, 0.3) is 0 Å². The van der Waals surface area contributed by atoms with Gasteiger partial charge in [0.05, 0.1) is 6.07 Å². The first kappa shape index (κ1) is 10.7. The van der Waals surface area contributed by atoms with Crippen molar-refractivity contribution in [3.8, 4) is 6.07 Å². The van der Waals surface area contributed by atoms with Crippen molar-refractivity contribution in [1.29, 1.82) is 5.26 Å². The first-order valence-corrected chi connectivity index (χ1v) is 4.99. The van der Waals surface area contributed by atoms with E-state index in [0.717, 1.165) is 0 Å². The van der Waals surface area contributed by atoms with Crippen LogP contribution in [0.3, 0.4) is 0 Å². The molecule has 7 heteroatoms. The van der Waals surface area contributed by atoms with Gasteiger partial charge in [-0.25, -0.2) is 0 Å². The van der Waals surface area contributed by atoms with E-state index in [0.29, 0.717) is 30.6 Å². The van der Waals surface area contributed by atoms with Gasteiger partial charge in [0, 0.05) is 24.2 Å². The van der Waals surface area contributed by atoms with Crippen LogP contribution in [0.4, 0.5) is 0 Å². The summed E-state index contributed by atoms with van der Waals surface area (Å²) < 4.78 is 31.8. The van der Waals surface area contributed by atoms with E-state index >= 15 is 0 Å². The predicted octanol–water partition coefficient (Wildman–Crippen LogP) is 0.758. The summed E-state index contributed by atoms with van der Waals surface area (Å²) in [5, 5.41) is 8.06. The van der Waals surface area contributed by atoms with E-state index in [9.17, 15) is 8.42 Å². The van der Waals surface area contributed by atoms with Crippen LogP contribution in [0.5, 0.6) is 0 Å². The second-order valence-corrected chi connectivity index (χ2v) is 3.62. The minimum absolute atomic E-state index is 0.349. The fourth-order valence-corrected chi connectivity index (χ4v) is 1.33. The van der Waals surface area contributed by atoms with Crippen LogP contribution < -0.4 is 0 Å². The third-order valence-electron chi connectivity index (χ3n) is 0.650. The molecule has 0 radical (unpaired) electrons. The Morgan fingerprint density at radius 1 is 1.64 bits per heavy atom. The van der Waals surface area contributed by atoms with Crippen molar-refractivity contribution < 1.29 is 16.6 Å². The third-order valence-corrected chi connectivity index (χ3v) is 2.18. The van der Waals surface area contributed by atoms with Crippen LogP contribution in [0.2, 0.25) is 0 Å². The van der Waals surface area contributed by atoms with Gasteiger partial charge in [-0.1, -0.05) is 0 Å². The molecule has 0 amide bonds. The van der Waals surface area contributed by atoms with Gasteiger partial charge in [0.15, 0.2) is 0 Å². The third kappa shape index (κ3) is 9.71. The quantitative estimate of drug-likeness (QED) is 0.397. The number of nitriles is 1. The molecule has 5 nitrogen and oxygen atoms in total. The van der Waals surface area contributed by atoms with Crippen LogP contribution in [0.25, 0.3) is 0 Å². The molecule has 0 saturated carbocycles. The SMILES string of the molecule is N#CCCCSOS(=O)(=O)O. The number of rotatable bonds is 5. The van der Waals surface area contributed by atoms with Gasteiger partial charge in [-0.15, -0.1) is 0 Å². The van der Waals surface area contributed by atoms with E-state index in [-0.39, 0.29) is 0 Å². The lowest BCUT2D eigenvalue weighted by Crippen LogP contribution is -1.97. The molecule has 0 unspecified atom stereocenters. The Hall–Kier alpha value is -0.290. The van der Waals surface area contributed by atoms with Crippen LogP contribution in [0.15, 0.2) is 0 Å². The number of hydrogen-bond donors (Lipinski definition) is 1. The standard InChI is InChI=1S/C4H7NO4S2/c5-3-1-2-4-10-9-11(6,7)8/h1-2,4H2,(H,6,7,8). The Labute approximate surface area is 69.5 Å². The molecule has 0 spiro atoms. The van der Waals surface area contributed by atoms with Crippen molar-refractivity contribution in [2.45, 2.75) is 12.8 Å². The van der Waals surface area contributed by atoms with Crippen molar-refractivity contribution in [2.75, 3.05) is 5.75 Å². The van der Waals surface area contributed by atoms with Crippen molar-refractivity contribution in [1.82, 2.24) is 0 Å². The van der Waals surface area contributed by atoms with Crippen molar-refractivity contribution in [3.05, 3.63) is 0 Å². The van der Waals surface area contributed by atoms with E-state index < -0.39 is 10.4 Å². The molecule has 0 heterocycles. The van der Waals surface area contributed by atoms with Crippen LogP contribution in [-0.4, -0.2) is 18.7 Å². The average Bonchev–Trinajstić information content (AvgIpc) is 1.85. The fraction of sp³-hybridized carbons (Fsp3) is 0.750. The Morgan fingerprint density at radius 3 is 2.73 bits per heavy atom. The number of unbranched alkanes of at least 4 members (excludes halogenated alkanes) is 1. The molecule has 0 aromatic rings. The summed E-state index contributed by atoms with van der Waals surface area (Å²) in [6.45, 7) is 0. The second-order valence-electron chi connectivity index (χ2n) is 1.58. The predicted molar refractivity (Wildman–Crippen MR) is 39.9 cm³/mol. The van der Waals surface area contributed by atoms with Gasteiger partial charge < -0.3 is 0 Å². The highest BCUT2D eigenvalue weighted by Crippen LogP contribution is 2.08. The maximum Gasteiger partial charge on any atom is 0.408 e. The monoisotopic (exact) mass is 197 g/mol. The van der Waals surface area contributed by atoms with E-state index in [1.165, 1.54) is 0 Å². The van der Waals surface area contributed by atoms with E-state index in [4.69, 9.17) is 9.81 Å². The molecule has 1 N–H and O–H groups in total. The Kier molecular flexibility index (Phi) is 5.23. The summed E-state index contributed by atoms with van der Waals surface area (Å²) in [7, 11) is -4.33. The fourth-order valence-electron chi connectivity index (χ4n) is 0.305. The molecule has 0 saturated heterocycles. The molecule has 0 aliphatic carbocycles. The maximum atomic E-state index is 9.91. The minimum atomic E-state index is -4.33. The highest BCUT2D eigenvalue weighted by atomic mass is 32.3. The van der Waals surface area contributed by atoms with E-state index in [2.05, 4.69) is 3.63 Å². The minimum Gasteiger partial charge on any atom is -0.263 e. The zero-order valence-corrected chi connectivity index (χ0v) is 7.19. The molecule has 0 aromatic heterocycles. The molecular formula is C4H7NO4S2. The zero-order chi connectivity index (χ0) is 8.74. The Morgan fingerprint density at radius 2 is 2.27 bits per heavy atom. The molecular weight excluding hydrogens is 190 g/mol. The average molecular weight is 197 g/mol. The summed E-state index contributed by atoms with van der Waals surface area (Å²) in [5.74, 6) is 0.368. The molecule has 11 heavy (non-hydrogen) atoms. The smallest absolute Gasteiger partial charge is 0.263 e. The number of hydrogen-bond acceptors (Lipinski definition) is 5. The summed E-state index contributed by atoms with van der Waals surface area (Å²) in [6.07, 6.45) is 0.887. The molecule has 0 rings (SSSR count). The molecule has 0 aliphatic rings. The lowest BCUT2D eigenvalue weighted by molar-refractivity contribution is 0.407. The first-order chi connectivity index (χ1) is 5.06. The molecule has 0 aromatic carbocycles. The Bertz CT molecular complexity index is 229. The van der Waals surface area contributed by atoms with E-state index in [1.807, 2.05) is 6.07 Å². The van der Waals surface area contributed by atoms with Gasteiger partial charge in [0.2, 0.25) is 0 Å². The summed E-state index contributed by atoms with van der Waals surface area (Å²) in [5.41, 5.74) is 0. The van der Waals surface area contributed by atoms with Crippen LogP contribution >= 0.6 is 12.0 Å². The van der Waals surface area contributed by atoms with Crippen LogP contribution in [0.1, 0.15) is 12.8 Å². The summed E-state index contributed by atoms with van der Waals surface area (Å²) in [6, 6.07) is 1.88. The van der Waals surface area contributed by atoms with Crippen LogP contribution in [-0.2, 0) is 14.0 Å². The van der Waals surface area contributed by atoms with Gasteiger partial charge >= 0.3 is 10.4 Å². The van der Waals surface area contributed by atoms with E-state index in [1.54, 1.807) is 0 Å². The van der Waals surface area contributed by atoms with Crippen molar-refractivity contribution >= 4 is 22.4 Å². The zero-order valence-electron chi connectivity index (χ0n) is 5.56. The largest absolute Gasteiger partial charge is 0.408 e. The number of nitrogens with zero attached hydrogens (tertiary/aromatic N) is 1. The first-order valence-electron chi connectivity index (χ1n) is 2.72. The van der Waals surface area contributed by atoms with Gasteiger partial charge in [-0.2, -0.15) is 17.3 Å². The van der Waals surface area contributed by atoms with Crippen molar-refractivity contribution in [2.24, 2.45) is 0 Å². The van der Waals surface area contributed by atoms with Gasteiger partial charge in [0.1, 0.15) is 0 Å². The lowest BCUT2D eigenvalue weighted by atomic mass is 10.4. The second kappa shape index (κ2) is 5.37. The van der Waals surface area contributed by atoms with Crippen molar-refractivity contribution in [3.63, 3.8) is 0 Å². The highest BCUT2D eigenvalue weighted by Gasteiger charge is 2.03. The molecule has 64 valence electrons. The normalized spacial score (nSPS) is 10.9.